The number of rotatable bonds is 3. The number of hydrogen-bond donors (Lipinski definition) is 1. The van der Waals surface area contributed by atoms with Gasteiger partial charge in [-0.3, -0.25) is 14.5 Å². The van der Waals surface area contributed by atoms with E-state index in [1.165, 1.54) is 0 Å². The van der Waals surface area contributed by atoms with Crippen molar-refractivity contribution >= 4 is 34.5 Å². The molecule has 2 aliphatic rings. The second-order valence-corrected chi connectivity index (χ2v) is 8.99. The van der Waals surface area contributed by atoms with Gasteiger partial charge in [0.2, 0.25) is 5.91 Å². The number of nitrogens with zero attached hydrogens (tertiary/aromatic N) is 2. The summed E-state index contributed by atoms with van der Waals surface area (Å²) >= 11 is 0. The number of anilines is 1. The highest BCUT2D eigenvalue weighted by Gasteiger charge is 2.33. The van der Waals surface area contributed by atoms with Crippen LogP contribution in [0.4, 0.5) is 5.69 Å². The molecule has 3 aromatic carbocycles. The quantitative estimate of drug-likeness (QED) is 0.449. The normalized spacial score (nSPS) is 16.5. The van der Waals surface area contributed by atoms with Crippen LogP contribution in [0, 0.1) is 5.92 Å². The Morgan fingerprint density at radius 3 is 2.50 bits per heavy atom. The fourth-order valence-electron chi connectivity index (χ4n) is 5.55. The molecule has 0 fully saturated rings. The van der Waals surface area contributed by atoms with Gasteiger partial charge in [0, 0.05) is 34.3 Å². The molecule has 1 N–H and O–H groups in total. The first-order valence-corrected chi connectivity index (χ1v) is 11.6. The third-order valence-corrected chi connectivity index (χ3v) is 7.07. The highest BCUT2D eigenvalue weighted by molar-refractivity contribution is 6.04. The summed E-state index contributed by atoms with van der Waals surface area (Å²) in [6.07, 6.45) is 5.91. The van der Waals surface area contributed by atoms with Crippen molar-refractivity contribution in [1.29, 1.82) is 0 Å². The summed E-state index contributed by atoms with van der Waals surface area (Å²) in [6, 6.07) is 24.2. The molecule has 1 aliphatic heterocycles. The van der Waals surface area contributed by atoms with Gasteiger partial charge in [-0.2, -0.15) is 0 Å². The molecule has 0 saturated carbocycles. The zero-order valence-electron chi connectivity index (χ0n) is 18.6. The van der Waals surface area contributed by atoms with Crippen LogP contribution >= 0.6 is 0 Å². The van der Waals surface area contributed by atoms with Crippen LogP contribution in [0.5, 0.6) is 0 Å². The van der Waals surface area contributed by atoms with Gasteiger partial charge in [0.05, 0.1) is 5.69 Å². The number of aromatic nitrogens is 1. The Morgan fingerprint density at radius 2 is 1.65 bits per heavy atom. The van der Waals surface area contributed by atoms with Crippen molar-refractivity contribution in [3.05, 3.63) is 95.8 Å². The third-order valence-electron chi connectivity index (χ3n) is 7.07. The number of amides is 1. The molecular weight excluding hydrogens is 424 g/mol. The smallest absolute Gasteiger partial charge is 0.323 e. The first kappa shape index (κ1) is 20.5. The monoisotopic (exact) mass is 448 g/mol. The summed E-state index contributed by atoms with van der Waals surface area (Å²) in [4.78, 5) is 27.3. The van der Waals surface area contributed by atoms with E-state index >= 15 is 0 Å². The molecule has 2 heterocycles. The Labute approximate surface area is 197 Å². The van der Waals surface area contributed by atoms with Crippen LogP contribution in [0.2, 0.25) is 0 Å². The van der Waals surface area contributed by atoms with E-state index in [4.69, 9.17) is 0 Å². The highest BCUT2D eigenvalue weighted by Crippen LogP contribution is 2.40. The summed E-state index contributed by atoms with van der Waals surface area (Å²) in [5.41, 5.74) is 7.24. The minimum atomic E-state index is -0.854. The lowest BCUT2D eigenvalue weighted by Gasteiger charge is -2.28. The lowest BCUT2D eigenvalue weighted by molar-refractivity contribution is -0.137. The van der Waals surface area contributed by atoms with Crippen molar-refractivity contribution in [3.63, 3.8) is 0 Å². The van der Waals surface area contributed by atoms with E-state index in [0.29, 0.717) is 19.3 Å². The molecule has 0 spiro atoms. The summed E-state index contributed by atoms with van der Waals surface area (Å²) in [7, 11) is 0. The molecule has 1 amide bonds. The van der Waals surface area contributed by atoms with Crippen LogP contribution < -0.4 is 4.90 Å². The fraction of sp³-hybridized carbons (Fsp3) is 0.172. The van der Waals surface area contributed by atoms with E-state index in [1.807, 2.05) is 71.4 Å². The van der Waals surface area contributed by atoms with Crippen LogP contribution in [-0.4, -0.2) is 21.6 Å². The molecule has 5 heteroatoms. The number of fused-ring (bicyclic) bond motifs is 6. The summed E-state index contributed by atoms with van der Waals surface area (Å²) < 4.78 is 1.91. The summed E-state index contributed by atoms with van der Waals surface area (Å²) in [5, 5.41) is 10.5. The number of aliphatic carboxylic acids is 1. The SMILES string of the molecule is O=C(O)Cn1c2c(c3ccccc31)CC(C(=O)N1C=Cc3ccccc3-c3ccccc31)CC2. The van der Waals surface area contributed by atoms with Gasteiger partial charge >= 0.3 is 5.97 Å². The van der Waals surface area contributed by atoms with E-state index in [9.17, 15) is 14.7 Å². The number of carboxylic acids is 1. The van der Waals surface area contributed by atoms with Crippen molar-refractivity contribution < 1.29 is 14.7 Å². The van der Waals surface area contributed by atoms with Gasteiger partial charge in [-0.05, 0) is 54.2 Å². The van der Waals surface area contributed by atoms with Gasteiger partial charge in [0.25, 0.3) is 0 Å². The number of carbonyl (C=O) groups is 2. The molecule has 5 nitrogen and oxygen atoms in total. The zero-order chi connectivity index (χ0) is 23.2. The Balaban J connectivity index is 1.39. The Hall–Kier alpha value is -4.12. The largest absolute Gasteiger partial charge is 0.480 e. The predicted octanol–water partition coefficient (Wildman–Crippen LogP) is 5.52. The predicted molar refractivity (Wildman–Crippen MR) is 133 cm³/mol. The molecule has 1 atom stereocenters. The van der Waals surface area contributed by atoms with Crippen LogP contribution in [-0.2, 0) is 29.0 Å². The molecule has 0 saturated heterocycles. The molecule has 4 aromatic rings. The van der Waals surface area contributed by atoms with E-state index in [1.54, 1.807) is 4.90 Å². The second kappa shape index (κ2) is 8.03. The van der Waals surface area contributed by atoms with Crippen molar-refractivity contribution in [2.75, 3.05) is 4.90 Å². The minimum absolute atomic E-state index is 0.0606. The Bertz CT molecular complexity index is 1480. The van der Waals surface area contributed by atoms with E-state index in [0.717, 1.165) is 44.5 Å². The summed E-state index contributed by atoms with van der Waals surface area (Å²) in [6.45, 7) is -0.0606. The van der Waals surface area contributed by atoms with E-state index < -0.39 is 5.97 Å². The summed E-state index contributed by atoms with van der Waals surface area (Å²) in [5.74, 6) is -0.944. The average molecular weight is 449 g/mol. The molecular formula is C29H24N2O3. The number of hydrogen-bond acceptors (Lipinski definition) is 2. The average Bonchev–Trinajstić information content (AvgIpc) is 3.06. The van der Waals surface area contributed by atoms with Crippen LogP contribution in [0.15, 0.2) is 79.0 Å². The Morgan fingerprint density at radius 1 is 0.912 bits per heavy atom. The standard InChI is InChI=1S/C29H24N2O3/c32-28(33)18-31-26-12-6-4-10-23(26)24-17-20(13-14-27(24)31)29(34)30-16-15-19-7-1-2-8-21(19)22-9-3-5-11-25(22)30/h1-12,15-16,20H,13-14,17-18H2,(H,32,33). The molecule has 168 valence electrons. The lowest BCUT2D eigenvalue weighted by Crippen LogP contribution is -2.35. The first-order chi connectivity index (χ1) is 16.6. The topological polar surface area (TPSA) is 62.5 Å². The second-order valence-electron chi connectivity index (χ2n) is 8.99. The van der Waals surface area contributed by atoms with Gasteiger partial charge in [-0.15, -0.1) is 0 Å². The molecule has 0 bridgehead atoms. The molecule has 1 aliphatic carbocycles. The third kappa shape index (κ3) is 3.24. The van der Waals surface area contributed by atoms with Crippen LogP contribution in [0.1, 0.15) is 23.2 Å². The van der Waals surface area contributed by atoms with E-state index in [2.05, 4.69) is 18.2 Å². The van der Waals surface area contributed by atoms with Crippen LogP contribution in [0.3, 0.4) is 0 Å². The Kier molecular flexibility index (Phi) is 4.84. The van der Waals surface area contributed by atoms with Gasteiger partial charge in [0.15, 0.2) is 0 Å². The maximum absolute atomic E-state index is 13.9. The van der Waals surface area contributed by atoms with Gasteiger partial charge < -0.3 is 9.67 Å². The molecule has 1 aromatic heterocycles. The van der Waals surface area contributed by atoms with Gasteiger partial charge in [-0.1, -0.05) is 60.7 Å². The maximum Gasteiger partial charge on any atom is 0.323 e. The van der Waals surface area contributed by atoms with Crippen molar-refractivity contribution in [3.8, 4) is 11.1 Å². The van der Waals surface area contributed by atoms with Gasteiger partial charge in [0.1, 0.15) is 6.54 Å². The number of benzene rings is 3. The van der Waals surface area contributed by atoms with E-state index in [-0.39, 0.29) is 18.4 Å². The molecule has 34 heavy (non-hydrogen) atoms. The first-order valence-electron chi connectivity index (χ1n) is 11.6. The zero-order valence-corrected chi connectivity index (χ0v) is 18.6. The molecule has 0 radical (unpaired) electrons. The van der Waals surface area contributed by atoms with Crippen molar-refractivity contribution in [1.82, 2.24) is 4.57 Å². The number of carbonyl (C=O) groups excluding carboxylic acids is 1. The maximum atomic E-state index is 13.9. The lowest BCUT2D eigenvalue weighted by atomic mass is 9.85. The van der Waals surface area contributed by atoms with Crippen molar-refractivity contribution in [2.45, 2.75) is 25.8 Å². The van der Waals surface area contributed by atoms with Crippen molar-refractivity contribution in [2.24, 2.45) is 5.92 Å². The molecule has 1 unspecified atom stereocenters. The van der Waals surface area contributed by atoms with Gasteiger partial charge in [-0.25, -0.2) is 0 Å². The number of carboxylic acid groups (broad SMARTS) is 1. The highest BCUT2D eigenvalue weighted by atomic mass is 16.4. The fourth-order valence-corrected chi connectivity index (χ4v) is 5.55. The molecule has 6 rings (SSSR count). The number of para-hydroxylation sites is 2. The van der Waals surface area contributed by atoms with Crippen LogP contribution in [0.25, 0.3) is 28.1 Å². The minimum Gasteiger partial charge on any atom is -0.480 e.